The van der Waals surface area contributed by atoms with Gasteiger partial charge in [-0.25, -0.2) is 0 Å². The number of halogens is 3. The molecule has 2 aromatic carbocycles. The summed E-state index contributed by atoms with van der Waals surface area (Å²) >= 11 is 0. The van der Waals surface area contributed by atoms with E-state index >= 15 is 0 Å². The van der Waals surface area contributed by atoms with Gasteiger partial charge < -0.3 is 5.32 Å². The summed E-state index contributed by atoms with van der Waals surface area (Å²) in [5, 5.41) is 3.88. The van der Waals surface area contributed by atoms with Crippen LogP contribution in [-0.2, 0) is 6.18 Å². The van der Waals surface area contributed by atoms with E-state index in [-0.39, 0.29) is 0 Å². The third-order valence-corrected chi connectivity index (χ3v) is 3.12. The Hall–Kier alpha value is -2.56. The Bertz CT molecular complexity index is 776. The number of fused-ring (bicyclic) bond motifs is 1. The molecule has 5 heteroatoms. The number of rotatable bonds is 2. The van der Waals surface area contributed by atoms with E-state index in [0.717, 1.165) is 28.7 Å². The molecule has 0 unspecified atom stereocenters. The van der Waals surface area contributed by atoms with Crippen LogP contribution >= 0.6 is 0 Å². The van der Waals surface area contributed by atoms with E-state index in [1.165, 1.54) is 6.07 Å². The molecule has 21 heavy (non-hydrogen) atoms. The van der Waals surface area contributed by atoms with Crippen LogP contribution < -0.4 is 5.32 Å². The molecule has 0 saturated carbocycles. The van der Waals surface area contributed by atoms with Crippen molar-refractivity contribution < 1.29 is 13.2 Å². The maximum absolute atomic E-state index is 12.7. The van der Waals surface area contributed by atoms with Gasteiger partial charge in [-0.05, 0) is 30.3 Å². The largest absolute Gasteiger partial charge is 0.416 e. The molecule has 0 aliphatic heterocycles. The molecular weight excluding hydrogens is 277 g/mol. The SMILES string of the molecule is FC(F)(F)c1cccc(Nc2ccnc3ccccc23)c1. The molecule has 3 aromatic rings. The highest BCUT2D eigenvalue weighted by Crippen LogP contribution is 2.32. The minimum atomic E-state index is -4.35. The third kappa shape index (κ3) is 2.81. The molecule has 2 nitrogen and oxygen atoms in total. The maximum Gasteiger partial charge on any atom is 0.416 e. The Morgan fingerprint density at radius 2 is 1.71 bits per heavy atom. The van der Waals surface area contributed by atoms with E-state index in [9.17, 15) is 13.2 Å². The van der Waals surface area contributed by atoms with Crippen molar-refractivity contribution >= 4 is 22.3 Å². The molecule has 0 atom stereocenters. The van der Waals surface area contributed by atoms with E-state index < -0.39 is 11.7 Å². The summed E-state index contributed by atoms with van der Waals surface area (Å²) in [5.41, 5.74) is 1.22. The standard InChI is InChI=1S/C16H11F3N2/c17-16(18,19)11-4-3-5-12(10-11)21-15-8-9-20-14-7-2-1-6-13(14)15/h1-10H,(H,20,21). The molecule has 3 rings (SSSR count). The van der Waals surface area contributed by atoms with Crippen molar-refractivity contribution in [2.75, 3.05) is 5.32 Å². The number of hydrogen-bond acceptors (Lipinski definition) is 2. The number of nitrogens with zero attached hydrogens (tertiary/aromatic N) is 1. The highest BCUT2D eigenvalue weighted by atomic mass is 19.4. The zero-order valence-corrected chi connectivity index (χ0v) is 10.9. The van der Waals surface area contributed by atoms with E-state index in [1.807, 2.05) is 24.3 Å². The van der Waals surface area contributed by atoms with Crippen molar-refractivity contribution in [2.24, 2.45) is 0 Å². The Balaban J connectivity index is 1.99. The first-order valence-corrected chi connectivity index (χ1v) is 6.32. The molecule has 0 aliphatic carbocycles. The lowest BCUT2D eigenvalue weighted by Crippen LogP contribution is -2.05. The highest BCUT2D eigenvalue weighted by molar-refractivity contribution is 5.92. The average molecular weight is 288 g/mol. The van der Waals surface area contributed by atoms with E-state index in [4.69, 9.17) is 0 Å². The van der Waals surface area contributed by atoms with Gasteiger partial charge in [-0.3, -0.25) is 4.98 Å². The molecule has 0 bridgehead atoms. The summed E-state index contributed by atoms with van der Waals surface area (Å²) in [4.78, 5) is 4.22. The van der Waals surface area contributed by atoms with Gasteiger partial charge in [0.15, 0.2) is 0 Å². The van der Waals surface area contributed by atoms with Gasteiger partial charge in [-0.2, -0.15) is 13.2 Å². The topological polar surface area (TPSA) is 24.9 Å². The van der Waals surface area contributed by atoms with Crippen LogP contribution in [0.3, 0.4) is 0 Å². The quantitative estimate of drug-likeness (QED) is 0.718. The third-order valence-electron chi connectivity index (χ3n) is 3.12. The molecule has 106 valence electrons. The molecule has 0 spiro atoms. The monoisotopic (exact) mass is 288 g/mol. The molecule has 1 aromatic heterocycles. The van der Waals surface area contributed by atoms with Crippen LogP contribution in [0.2, 0.25) is 0 Å². The van der Waals surface area contributed by atoms with Crippen LogP contribution in [0.4, 0.5) is 24.5 Å². The molecule has 0 radical (unpaired) electrons. The Kier molecular flexibility index (Phi) is 3.25. The van der Waals surface area contributed by atoms with Gasteiger partial charge in [0.2, 0.25) is 0 Å². The number of anilines is 2. The molecule has 1 N–H and O–H groups in total. The van der Waals surface area contributed by atoms with Crippen LogP contribution in [-0.4, -0.2) is 4.98 Å². The number of nitrogens with one attached hydrogen (secondary N) is 1. The lowest BCUT2D eigenvalue weighted by molar-refractivity contribution is -0.137. The Morgan fingerprint density at radius 3 is 2.52 bits per heavy atom. The summed E-state index contributed by atoms with van der Waals surface area (Å²) in [6.45, 7) is 0. The van der Waals surface area contributed by atoms with Gasteiger partial charge in [-0.15, -0.1) is 0 Å². The fraction of sp³-hybridized carbons (Fsp3) is 0.0625. The summed E-state index contributed by atoms with van der Waals surface area (Å²) in [6.07, 6.45) is -2.73. The Morgan fingerprint density at radius 1 is 0.905 bits per heavy atom. The number of hydrogen-bond donors (Lipinski definition) is 1. The summed E-state index contributed by atoms with van der Waals surface area (Å²) in [7, 11) is 0. The number of pyridine rings is 1. The maximum atomic E-state index is 12.7. The van der Waals surface area contributed by atoms with E-state index in [1.54, 1.807) is 18.3 Å². The zero-order chi connectivity index (χ0) is 14.9. The summed E-state index contributed by atoms with van der Waals surface area (Å²) in [5.74, 6) is 0. The minimum Gasteiger partial charge on any atom is -0.355 e. The Labute approximate surface area is 119 Å². The average Bonchev–Trinajstić information content (AvgIpc) is 2.47. The fourth-order valence-corrected chi connectivity index (χ4v) is 2.13. The highest BCUT2D eigenvalue weighted by Gasteiger charge is 2.30. The van der Waals surface area contributed by atoms with E-state index in [0.29, 0.717) is 5.69 Å². The van der Waals surface area contributed by atoms with Crippen molar-refractivity contribution in [3.05, 3.63) is 66.4 Å². The van der Waals surface area contributed by atoms with Crippen molar-refractivity contribution in [3.8, 4) is 0 Å². The number of benzene rings is 2. The van der Waals surface area contributed by atoms with Crippen molar-refractivity contribution in [3.63, 3.8) is 0 Å². The van der Waals surface area contributed by atoms with Gasteiger partial charge in [-0.1, -0.05) is 24.3 Å². The second kappa shape index (κ2) is 5.09. The second-order valence-electron chi connectivity index (χ2n) is 4.58. The second-order valence-corrected chi connectivity index (χ2v) is 4.58. The van der Waals surface area contributed by atoms with E-state index in [2.05, 4.69) is 10.3 Å². The van der Waals surface area contributed by atoms with Gasteiger partial charge >= 0.3 is 6.18 Å². The predicted molar refractivity (Wildman–Crippen MR) is 76.5 cm³/mol. The van der Waals surface area contributed by atoms with Crippen molar-refractivity contribution in [2.45, 2.75) is 6.18 Å². The molecule has 0 saturated heterocycles. The first-order chi connectivity index (χ1) is 10.0. The molecule has 0 amide bonds. The smallest absolute Gasteiger partial charge is 0.355 e. The minimum absolute atomic E-state index is 0.390. The first kappa shape index (κ1) is 13.4. The zero-order valence-electron chi connectivity index (χ0n) is 10.9. The predicted octanol–water partition coefficient (Wildman–Crippen LogP) is 5.00. The number of alkyl halides is 3. The van der Waals surface area contributed by atoms with Crippen LogP contribution in [0.5, 0.6) is 0 Å². The molecular formula is C16H11F3N2. The number of aromatic nitrogens is 1. The van der Waals surface area contributed by atoms with Gasteiger partial charge in [0.1, 0.15) is 0 Å². The van der Waals surface area contributed by atoms with Crippen LogP contribution in [0.1, 0.15) is 5.56 Å². The summed E-state index contributed by atoms with van der Waals surface area (Å²) < 4.78 is 38.2. The van der Waals surface area contributed by atoms with Gasteiger partial charge in [0.05, 0.1) is 11.1 Å². The summed E-state index contributed by atoms with van der Waals surface area (Å²) in [6, 6.07) is 14.3. The van der Waals surface area contributed by atoms with Gasteiger partial charge in [0.25, 0.3) is 0 Å². The number of para-hydroxylation sites is 1. The fourth-order valence-electron chi connectivity index (χ4n) is 2.13. The normalized spacial score (nSPS) is 11.6. The van der Waals surface area contributed by atoms with Crippen molar-refractivity contribution in [1.29, 1.82) is 0 Å². The first-order valence-electron chi connectivity index (χ1n) is 6.32. The van der Waals surface area contributed by atoms with Gasteiger partial charge in [0, 0.05) is 23.0 Å². The molecule has 0 aliphatic rings. The molecule has 0 fully saturated rings. The van der Waals surface area contributed by atoms with Crippen LogP contribution in [0.25, 0.3) is 10.9 Å². The van der Waals surface area contributed by atoms with Crippen LogP contribution in [0.15, 0.2) is 60.8 Å². The van der Waals surface area contributed by atoms with Crippen molar-refractivity contribution in [1.82, 2.24) is 4.98 Å². The lowest BCUT2D eigenvalue weighted by atomic mass is 10.1. The lowest BCUT2D eigenvalue weighted by Gasteiger charge is -2.12. The van der Waals surface area contributed by atoms with Crippen LogP contribution in [0, 0.1) is 0 Å². The molecule has 1 heterocycles.